The van der Waals surface area contributed by atoms with Gasteiger partial charge in [-0.3, -0.25) is 10.2 Å². The van der Waals surface area contributed by atoms with Gasteiger partial charge in [0.15, 0.2) is 6.04 Å². The van der Waals surface area contributed by atoms with Crippen LogP contribution in [-0.2, 0) is 14.4 Å². The molecule has 12 nitrogen and oxygen atoms in total. The number of rotatable bonds is 8. The molecule has 0 spiro atoms. The average Bonchev–Trinajstić information content (AvgIpc) is 3.25. The summed E-state index contributed by atoms with van der Waals surface area (Å²) in [5, 5.41) is 35.1. The van der Waals surface area contributed by atoms with Gasteiger partial charge in [-0.1, -0.05) is 0 Å². The summed E-state index contributed by atoms with van der Waals surface area (Å²) in [6, 6.07) is 7.36. The third-order valence-corrected chi connectivity index (χ3v) is 4.20. The second kappa shape index (κ2) is 12.9. The molecule has 1 aromatic carbocycles. The molecule has 0 radical (unpaired) electrons. The van der Waals surface area contributed by atoms with E-state index in [1.54, 1.807) is 0 Å². The molecule has 0 aliphatic carbocycles. The van der Waals surface area contributed by atoms with Gasteiger partial charge in [-0.25, -0.2) is 14.4 Å². The number of nitrogens with two attached hydrogens (primary N) is 1. The van der Waals surface area contributed by atoms with Gasteiger partial charge < -0.3 is 35.5 Å². The molecule has 0 saturated carbocycles. The number of furan rings is 1. The molecule has 1 heterocycles. The Morgan fingerprint density at radius 1 is 1.11 bits per heavy atom. The third-order valence-electron chi connectivity index (χ3n) is 4.20. The summed E-state index contributed by atoms with van der Waals surface area (Å²) in [6.07, 6.45) is -5.05. The SMILES string of the molecule is C/C(=C\c1ccc(C(=O)Oc2ccc(C(=N)N)cc2)o1)C(=O)N[C@H](C(=O)O)C(C)O.O=C(O)C(F)(F)F. The highest BCUT2D eigenvalue weighted by Gasteiger charge is 2.38. The Balaban J connectivity index is 0.000000856. The number of hydrogen-bond acceptors (Lipinski definition) is 8. The Hall–Kier alpha value is -4.66. The van der Waals surface area contributed by atoms with Gasteiger partial charge in [-0.15, -0.1) is 0 Å². The molecule has 15 heteroatoms. The highest BCUT2D eigenvalue weighted by molar-refractivity contribution is 5.99. The van der Waals surface area contributed by atoms with E-state index in [1.807, 2.05) is 0 Å². The maximum absolute atomic E-state index is 12.2. The zero-order chi connectivity index (χ0) is 28.5. The second-order valence-electron chi connectivity index (χ2n) is 7.19. The standard InChI is InChI=1S/C20H21N3O7.C2HF3O2/c1-10(18(25)23-16(11(2)24)19(26)27)9-14-7-8-15(29-14)20(28)30-13-5-3-12(4-6-13)17(21)22;3-2(4,5)1(6)7/h3-9,11,16,24H,1-2H3,(H3,21,22)(H,23,25)(H,26,27);(H,6,7)/b10-9+;/t11?,16-;/m0./s1. The molecule has 0 aliphatic heterocycles. The minimum absolute atomic E-state index is 0.107. The van der Waals surface area contributed by atoms with Crippen LogP contribution in [0.15, 0.2) is 46.4 Å². The van der Waals surface area contributed by atoms with Gasteiger partial charge in [-0.05, 0) is 56.3 Å². The zero-order valence-electron chi connectivity index (χ0n) is 19.2. The normalized spacial score (nSPS) is 12.9. The van der Waals surface area contributed by atoms with Crippen molar-refractivity contribution in [2.24, 2.45) is 5.73 Å². The van der Waals surface area contributed by atoms with Crippen LogP contribution in [0.25, 0.3) is 6.08 Å². The minimum atomic E-state index is -5.08. The number of carbonyl (C=O) groups is 4. The van der Waals surface area contributed by atoms with Crippen molar-refractivity contribution in [2.75, 3.05) is 0 Å². The fourth-order valence-corrected chi connectivity index (χ4v) is 2.32. The Bertz CT molecular complexity index is 1190. The number of amides is 1. The smallest absolute Gasteiger partial charge is 0.480 e. The van der Waals surface area contributed by atoms with Gasteiger partial charge >= 0.3 is 24.1 Å². The van der Waals surface area contributed by atoms with E-state index < -0.39 is 42.1 Å². The number of nitrogens with one attached hydrogen (secondary N) is 2. The Morgan fingerprint density at radius 3 is 2.08 bits per heavy atom. The van der Waals surface area contributed by atoms with Crippen molar-refractivity contribution in [1.29, 1.82) is 5.41 Å². The first-order chi connectivity index (χ1) is 17.0. The number of aliphatic hydroxyl groups excluding tert-OH is 1. The zero-order valence-corrected chi connectivity index (χ0v) is 19.2. The van der Waals surface area contributed by atoms with Gasteiger partial charge in [0.05, 0.1) is 6.10 Å². The summed E-state index contributed by atoms with van der Waals surface area (Å²) in [5.74, 6) is -5.44. The van der Waals surface area contributed by atoms with E-state index in [9.17, 15) is 32.7 Å². The number of carbonyl (C=O) groups excluding carboxylic acids is 2. The number of nitrogen functional groups attached to an aromatic ring is 1. The Labute approximate surface area is 206 Å². The van der Waals surface area contributed by atoms with E-state index >= 15 is 0 Å². The highest BCUT2D eigenvalue weighted by atomic mass is 19.4. The number of benzene rings is 1. The minimum Gasteiger partial charge on any atom is -0.480 e. The quantitative estimate of drug-likeness (QED) is 0.0958. The molecule has 2 atom stereocenters. The number of ether oxygens (including phenoxy) is 1. The molecule has 0 saturated heterocycles. The lowest BCUT2D eigenvalue weighted by molar-refractivity contribution is -0.192. The first-order valence-electron chi connectivity index (χ1n) is 9.99. The van der Waals surface area contributed by atoms with Gasteiger partial charge in [-0.2, -0.15) is 13.2 Å². The Morgan fingerprint density at radius 2 is 1.65 bits per heavy atom. The molecule has 200 valence electrons. The van der Waals surface area contributed by atoms with Gasteiger partial charge in [0.25, 0.3) is 0 Å². The Kier molecular flexibility index (Phi) is 10.6. The molecule has 1 unspecified atom stereocenters. The molecular weight excluding hydrogens is 507 g/mol. The van der Waals surface area contributed by atoms with Crippen molar-refractivity contribution in [3.8, 4) is 5.75 Å². The van der Waals surface area contributed by atoms with Crippen LogP contribution in [0.4, 0.5) is 13.2 Å². The molecule has 1 aromatic heterocycles. The maximum atomic E-state index is 12.2. The molecule has 1 amide bonds. The van der Waals surface area contributed by atoms with Crippen molar-refractivity contribution < 1.29 is 56.8 Å². The van der Waals surface area contributed by atoms with Crippen LogP contribution in [0.2, 0.25) is 0 Å². The lowest BCUT2D eigenvalue weighted by Gasteiger charge is -2.17. The van der Waals surface area contributed by atoms with E-state index in [0.717, 1.165) is 0 Å². The van der Waals surface area contributed by atoms with Gasteiger partial charge in [0.1, 0.15) is 17.3 Å². The number of carboxylic acids is 2. The van der Waals surface area contributed by atoms with Crippen LogP contribution in [0.5, 0.6) is 5.75 Å². The van der Waals surface area contributed by atoms with E-state index in [4.69, 9.17) is 35.3 Å². The maximum Gasteiger partial charge on any atom is 0.490 e. The van der Waals surface area contributed by atoms with Crippen LogP contribution in [0.1, 0.15) is 35.7 Å². The van der Waals surface area contributed by atoms with E-state index in [0.29, 0.717) is 5.56 Å². The average molecular weight is 529 g/mol. The summed E-state index contributed by atoms with van der Waals surface area (Å²) in [7, 11) is 0. The number of esters is 1. The number of aliphatic hydroxyl groups is 1. The number of aliphatic carboxylic acids is 2. The summed E-state index contributed by atoms with van der Waals surface area (Å²) >= 11 is 0. The van der Waals surface area contributed by atoms with Crippen LogP contribution in [-0.4, -0.2) is 63.3 Å². The first-order valence-corrected chi connectivity index (χ1v) is 9.99. The van der Waals surface area contributed by atoms with Crippen LogP contribution in [0, 0.1) is 5.41 Å². The molecule has 0 bridgehead atoms. The third kappa shape index (κ3) is 9.85. The number of carboxylic acid groups (broad SMARTS) is 2. The van der Waals surface area contributed by atoms with Crippen molar-refractivity contribution in [2.45, 2.75) is 32.2 Å². The summed E-state index contributed by atoms with van der Waals surface area (Å²) in [5.41, 5.74) is 5.95. The monoisotopic (exact) mass is 529 g/mol. The van der Waals surface area contributed by atoms with E-state index in [2.05, 4.69) is 5.32 Å². The lowest BCUT2D eigenvalue weighted by Crippen LogP contribution is -2.47. The fourth-order valence-electron chi connectivity index (χ4n) is 2.32. The number of hydrogen-bond donors (Lipinski definition) is 6. The largest absolute Gasteiger partial charge is 0.490 e. The predicted molar refractivity (Wildman–Crippen MR) is 120 cm³/mol. The second-order valence-corrected chi connectivity index (χ2v) is 7.19. The lowest BCUT2D eigenvalue weighted by atomic mass is 10.1. The number of halogens is 3. The summed E-state index contributed by atoms with van der Waals surface area (Å²) in [6.45, 7) is 2.67. The summed E-state index contributed by atoms with van der Waals surface area (Å²) < 4.78 is 42.3. The van der Waals surface area contributed by atoms with Crippen LogP contribution >= 0.6 is 0 Å². The van der Waals surface area contributed by atoms with Crippen molar-refractivity contribution in [3.63, 3.8) is 0 Å². The van der Waals surface area contributed by atoms with Crippen molar-refractivity contribution in [3.05, 3.63) is 59.1 Å². The molecular formula is C22H22F3N3O9. The first kappa shape index (κ1) is 30.4. The predicted octanol–water partition coefficient (Wildman–Crippen LogP) is 1.77. The topological polar surface area (TPSA) is 213 Å². The molecule has 2 rings (SSSR count). The molecule has 7 N–H and O–H groups in total. The van der Waals surface area contributed by atoms with Gasteiger partial charge in [0, 0.05) is 11.1 Å². The van der Waals surface area contributed by atoms with E-state index in [-0.39, 0.29) is 28.7 Å². The highest BCUT2D eigenvalue weighted by Crippen LogP contribution is 2.17. The van der Waals surface area contributed by atoms with E-state index in [1.165, 1.54) is 56.3 Å². The van der Waals surface area contributed by atoms with Crippen molar-refractivity contribution >= 4 is 35.7 Å². The van der Waals surface area contributed by atoms with Crippen LogP contribution in [0.3, 0.4) is 0 Å². The fraction of sp³-hybridized carbons (Fsp3) is 0.227. The van der Waals surface area contributed by atoms with Crippen molar-refractivity contribution in [1.82, 2.24) is 5.32 Å². The van der Waals surface area contributed by atoms with Crippen LogP contribution < -0.4 is 15.8 Å². The number of alkyl halides is 3. The molecule has 0 fully saturated rings. The molecule has 0 aliphatic rings. The summed E-state index contributed by atoms with van der Waals surface area (Å²) in [4.78, 5) is 44.3. The van der Waals surface area contributed by atoms with Gasteiger partial charge in [0.2, 0.25) is 11.7 Å². The number of amidine groups is 1. The molecule has 37 heavy (non-hydrogen) atoms. The molecule has 2 aromatic rings.